The van der Waals surface area contributed by atoms with Gasteiger partial charge in [-0.1, -0.05) is 0 Å². The predicted molar refractivity (Wildman–Crippen MR) is 60.3 cm³/mol. The molecule has 0 fully saturated rings. The molecule has 2 aromatic heterocycles. The largest absolute Gasteiger partial charge is 0.465 e. The maximum atomic E-state index is 10.7. The van der Waals surface area contributed by atoms with Crippen LogP contribution in [-0.2, 0) is 6.54 Å². The zero-order chi connectivity index (χ0) is 12.4. The summed E-state index contributed by atoms with van der Waals surface area (Å²) < 4.78 is 0. The number of nitrogens with zero attached hydrogens (tertiary/aromatic N) is 3. The van der Waals surface area contributed by atoms with Crippen LogP contribution in [0.15, 0.2) is 18.2 Å². The van der Waals surface area contributed by atoms with Crippen molar-refractivity contribution in [3.63, 3.8) is 0 Å². The fourth-order valence-corrected chi connectivity index (χ4v) is 1.54. The summed E-state index contributed by atoms with van der Waals surface area (Å²) in [7, 11) is 1.49. The minimum Gasteiger partial charge on any atom is -0.465 e. The first kappa shape index (κ1) is 11.0. The Morgan fingerprint density at radius 2 is 2.41 bits per heavy atom. The topological polar surface area (TPSA) is 93.0 Å². The van der Waals surface area contributed by atoms with Crippen molar-refractivity contribution in [1.82, 2.24) is 14.9 Å². The molecule has 0 saturated carbocycles. The second-order valence-corrected chi connectivity index (χ2v) is 3.67. The average molecular weight is 230 g/mol. The van der Waals surface area contributed by atoms with Crippen LogP contribution in [0.4, 0.5) is 4.79 Å². The van der Waals surface area contributed by atoms with Gasteiger partial charge in [-0.3, -0.25) is 0 Å². The molecule has 0 saturated heterocycles. The Morgan fingerprint density at radius 1 is 1.65 bits per heavy atom. The monoisotopic (exact) mass is 230 g/mol. The van der Waals surface area contributed by atoms with E-state index in [9.17, 15) is 4.79 Å². The highest BCUT2D eigenvalue weighted by Crippen LogP contribution is 2.14. The lowest BCUT2D eigenvalue weighted by molar-refractivity contribution is 0.153. The van der Waals surface area contributed by atoms with E-state index in [1.54, 1.807) is 18.2 Å². The average Bonchev–Trinajstić information content (AvgIpc) is 2.69. The number of hydrogen-bond acceptors (Lipinski definition) is 3. The summed E-state index contributed by atoms with van der Waals surface area (Å²) >= 11 is 0. The molecule has 0 aliphatic carbocycles. The van der Waals surface area contributed by atoms with E-state index in [2.05, 4.69) is 9.97 Å². The van der Waals surface area contributed by atoms with Gasteiger partial charge in [-0.2, -0.15) is 5.26 Å². The maximum absolute atomic E-state index is 10.7. The molecular weight excluding hydrogens is 220 g/mol. The number of carboxylic acid groups (broad SMARTS) is 1. The number of H-pyrrole nitrogens is 1. The number of aromatic amines is 1. The Kier molecular flexibility index (Phi) is 2.66. The number of rotatable bonds is 2. The molecular formula is C11H10N4O2. The van der Waals surface area contributed by atoms with Crippen LogP contribution in [-0.4, -0.2) is 33.1 Å². The quantitative estimate of drug-likeness (QED) is 0.818. The molecule has 0 aromatic carbocycles. The number of nitriles is 1. The summed E-state index contributed by atoms with van der Waals surface area (Å²) in [5.74, 6) is 0. The van der Waals surface area contributed by atoms with Crippen molar-refractivity contribution in [3.05, 3.63) is 29.6 Å². The van der Waals surface area contributed by atoms with Crippen molar-refractivity contribution < 1.29 is 9.90 Å². The fraction of sp³-hybridized carbons (Fsp3) is 0.182. The van der Waals surface area contributed by atoms with Crippen LogP contribution in [0.25, 0.3) is 11.0 Å². The number of aromatic nitrogens is 2. The van der Waals surface area contributed by atoms with E-state index in [4.69, 9.17) is 10.4 Å². The Balaban J connectivity index is 2.32. The van der Waals surface area contributed by atoms with Crippen molar-refractivity contribution in [2.45, 2.75) is 6.54 Å². The van der Waals surface area contributed by atoms with Crippen molar-refractivity contribution in [2.24, 2.45) is 0 Å². The smallest absolute Gasteiger partial charge is 0.407 e. The summed E-state index contributed by atoms with van der Waals surface area (Å²) in [5.41, 5.74) is 2.54. The van der Waals surface area contributed by atoms with Crippen LogP contribution >= 0.6 is 0 Å². The summed E-state index contributed by atoms with van der Waals surface area (Å²) in [6.45, 7) is 0.258. The summed E-state index contributed by atoms with van der Waals surface area (Å²) in [4.78, 5) is 19.0. The molecule has 0 unspecified atom stereocenters. The SMILES string of the molecule is CN(Cc1cc2nc(C#N)ccc2[nH]1)C(=O)O. The first-order valence-electron chi connectivity index (χ1n) is 4.93. The molecule has 0 radical (unpaired) electrons. The van der Waals surface area contributed by atoms with Crippen LogP contribution in [0.3, 0.4) is 0 Å². The second kappa shape index (κ2) is 4.14. The van der Waals surface area contributed by atoms with Crippen molar-refractivity contribution in [1.29, 1.82) is 5.26 Å². The van der Waals surface area contributed by atoms with Crippen LogP contribution in [0.1, 0.15) is 11.4 Å². The summed E-state index contributed by atoms with van der Waals surface area (Å²) in [6.07, 6.45) is -0.991. The third-order valence-electron chi connectivity index (χ3n) is 2.38. The molecule has 2 aromatic rings. The fourth-order valence-electron chi connectivity index (χ4n) is 1.54. The molecule has 0 aliphatic heterocycles. The lowest BCUT2D eigenvalue weighted by Crippen LogP contribution is -2.23. The van der Waals surface area contributed by atoms with Gasteiger partial charge >= 0.3 is 6.09 Å². The zero-order valence-corrected chi connectivity index (χ0v) is 9.14. The Labute approximate surface area is 97.1 Å². The number of nitrogens with one attached hydrogen (secondary N) is 1. The Hall–Kier alpha value is -2.55. The van der Waals surface area contributed by atoms with E-state index in [0.717, 1.165) is 16.1 Å². The van der Waals surface area contributed by atoms with Gasteiger partial charge in [0, 0.05) is 12.7 Å². The molecule has 0 atom stereocenters. The standard InChI is InChI=1S/C11H10N4O2/c1-15(11(16)17)6-8-4-10-9(14-8)3-2-7(5-12)13-10/h2-4,14H,6H2,1H3,(H,16,17). The molecule has 17 heavy (non-hydrogen) atoms. The molecule has 2 rings (SSSR count). The number of carbonyl (C=O) groups is 1. The number of fused-ring (bicyclic) bond motifs is 1. The molecule has 0 bridgehead atoms. The van der Waals surface area contributed by atoms with Gasteiger partial charge < -0.3 is 15.0 Å². The van der Waals surface area contributed by atoms with Gasteiger partial charge in [0.2, 0.25) is 0 Å². The van der Waals surface area contributed by atoms with Crippen molar-refractivity contribution in [3.8, 4) is 6.07 Å². The van der Waals surface area contributed by atoms with Gasteiger partial charge in [0.1, 0.15) is 11.8 Å². The van der Waals surface area contributed by atoms with Gasteiger partial charge in [-0.05, 0) is 18.2 Å². The normalized spacial score (nSPS) is 10.1. The van der Waals surface area contributed by atoms with Crippen molar-refractivity contribution >= 4 is 17.1 Å². The second-order valence-electron chi connectivity index (χ2n) is 3.67. The highest BCUT2D eigenvalue weighted by atomic mass is 16.4. The Bertz CT molecular complexity index is 611. The van der Waals surface area contributed by atoms with E-state index in [1.807, 2.05) is 6.07 Å². The number of amides is 1. The molecule has 0 spiro atoms. The highest BCUT2D eigenvalue weighted by Gasteiger charge is 2.09. The molecule has 6 heteroatoms. The molecule has 0 aliphatic rings. The number of hydrogen-bond donors (Lipinski definition) is 2. The van der Waals surface area contributed by atoms with E-state index in [-0.39, 0.29) is 6.54 Å². The Morgan fingerprint density at radius 3 is 3.06 bits per heavy atom. The first-order valence-corrected chi connectivity index (χ1v) is 4.93. The lowest BCUT2D eigenvalue weighted by atomic mass is 10.3. The van der Waals surface area contributed by atoms with Crippen LogP contribution in [0.2, 0.25) is 0 Å². The lowest BCUT2D eigenvalue weighted by Gasteiger charge is -2.10. The van der Waals surface area contributed by atoms with E-state index < -0.39 is 6.09 Å². The van der Waals surface area contributed by atoms with Gasteiger partial charge in [-0.15, -0.1) is 0 Å². The molecule has 86 valence electrons. The number of pyridine rings is 1. The molecule has 2 N–H and O–H groups in total. The highest BCUT2D eigenvalue weighted by molar-refractivity contribution is 5.76. The third-order valence-corrected chi connectivity index (χ3v) is 2.38. The van der Waals surface area contributed by atoms with Crippen LogP contribution in [0.5, 0.6) is 0 Å². The third kappa shape index (κ3) is 2.18. The van der Waals surface area contributed by atoms with Gasteiger partial charge in [-0.25, -0.2) is 9.78 Å². The van der Waals surface area contributed by atoms with E-state index >= 15 is 0 Å². The minimum atomic E-state index is -0.991. The maximum Gasteiger partial charge on any atom is 0.407 e. The van der Waals surface area contributed by atoms with Gasteiger partial charge in [0.05, 0.1) is 17.6 Å². The van der Waals surface area contributed by atoms with E-state index in [1.165, 1.54) is 7.05 Å². The van der Waals surface area contributed by atoms with Crippen molar-refractivity contribution in [2.75, 3.05) is 7.05 Å². The minimum absolute atomic E-state index is 0.258. The first-order chi connectivity index (χ1) is 8.10. The van der Waals surface area contributed by atoms with E-state index in [0.29, 0.717) is 11.2 Å². The van der Waals surface area contributed by atoms with Crippen LogP contribution in [0, 0.1) is 11.3 Å². The molecule has 6 nitrogen and oxygen atoms in total. The summed E-state index contributed by atoms with van der Waals surface area (Å²) in [6, 6.07) is 7.07. The zero-order valence-electron chi connectivity index (χ0n) is 9.14. The van der Waals surface area contributed by atoms with Gasteiger partial charge in [0.15, 0.2) is 0 Å². The van der Waals surface area contributed by atoms with Crippen LogP contribution < -0.4 is 0 Å². The predicted octanol–water partition coefficient (Wildman–Crippen LogP) is 1.54. The summed E-state index contributed by atoms with van der Waals surface area (Å²) in [5, 5.41) is 17.5. The molecule has 2 heterocycles. The molecule has 1 amide bonds. The van der Waals surface area contributed by atoms with Gasteiger partial charge in [0.25, 0.3) is 0 Å².